The molecule has 1 amide bonds. The van der Waals surface area contributed by atoms with Crippen LogP contribution in [0.25, 0.3) is 0 Å². The summed E-state index contributed by atoms with van der Waals surface area (Å²) in [5, 5.41) is 5.28. The molecule has 0 fully saturated rings. The van der Waals surface area contributed by atoms with Crippen molar-refractivity contribution in [2.75, 3.05) is 17.7 Å². The number of amides is 1. The molecule has 5 nitrogen and oxygen atoms in total. The number of halogens is 5. The van der Waals surface area contributed by atoms with Crippen LogP contribution in [-0.2, 0) is 6.18 Å². The van der Waals surface area contributed by atoms with Crippen LogP contribution in [0.1, 0.15) is 15.9 Å². The van der Waals surface area contributed by atoms with Crippen LogP contribution >= 0.6 is 12.4 Å². The van der Waals surface area contributed by atoms with E-state index in [2.05, 4.69) is 15.6 Å². The Kier molecular flexibility index (Phi) is 7.23. The molecule has 158 valence electrons. The number of carbonyl (C=O) groups is 1. The molecule has 0 radical (unpaired) electrons. The number of nitrogens with one attached hydrogen (secondary N) is 2. The van der Waals surface area contributed by atoms with Crippen molar-refractivity contribution >= 4 is 29.7 Å². The van der Waals surface area contributed by atoms with Crippen LogP contribution < -0.4 is 15.4 Å². The van der Waals surface area contributed by atoms with Gasteiger partial charge in [0, 0.05) is 18.8 Å². The van der Waals surface area contributed by atoms with Crippen LogP contribution in [0.4, 0.5) is 28.9 Å². The Labute approximate surface area is 175 Å². The average molecular weight is 442 g/mol. The summed E-state index contributed by atoms with van der Waals surface area (Å²) in [6.45, 7) is 0. The van der Waals surface area contributed by atoms with E-state index in [4.69, 9.17) is 4.74 Å². The lowest BCUT2D eigenvalue weighted by Crippen LogP contribution is -2.17. The molecule has 0 aliphatic rings. The van der Waals surface area contributed by atoms with Gasteiger partial charge in [0.05, 0.1) is 23.0 Å². The van der Waals surface area contributed by atoms with Crippen LogP contribution in [0.15, 0.2) is 60.8 Å². The second-order valence-electron chi connectivity index (χ2n) is 5.88. The Morgan fingerprint density at radius 3 is 2.23 bits per heavy atom. The fraction of sp³-hybridized carbons (Fsp3) is 0.100. The maximum atomic E-state index is 14.1. The van der Waals surface area contributed by atoms with E-state index in [-0.39, 0.29) is 24.0 Å². The van der Waals surface area contributed by atoms with Gasteiger partial charge in [-0.15, -0.1) is 12.4 Å². The highest BCUT2D eigenvalue weighted by molar-refractivity contribution is 6.04. The number of rotatable bonds is 5. The van der Waals surface area contributed by atoms with E-state index >= 15 is 0 Å². The zero-order chi connectivity index (χ0) is 21.0. The highest BCUT2D eigenvalue weighted by atomic mass is 35.5. The van der Waals surface area contributed by atoms with Crippen LogP contribution in [-0.4, -0.2) is 17.9 Å². The fourth-order valence-electron chi connectivity index (χ4n) is 2.45. The molecule has 0 aliphatic carbocycles. The van der Waals surface area contributed by atoms with E-state index in [1.807, 2.05) is 12.1 Å². The lowest BCUT2D eigenvalue weighted by atomic mass is 10.1. The van der Waals surface area contributed by atoms with Crippen molar-refractivity contribution in [1.82, 2.24) is 4.98 Å². The molecule has 0 unspecified atom stereocenters. The summed E-state index contributed by atoms with van der Waals surface area (Å²) in [6, 6.07) is 12.5. The van der Waals surface area contributed by atoms with E-state index in [0.717, 1.165) is 17.8 Å². The Morgan fingerprint density at radius 2 is 1.67 bits per heavy atom. The Morgan fingerprint density at radius 1 is 1.00 bits per heavy atom. The summed E-state index contributed by atoms with van der Waals surface area (Å²) >= 11 is 0. The predicted octanol–water partition coefficient (Wildman–Crippen LogP) is 5.75. The van der Waals surface area contributed by atoms with Gasteiger partial charge in [0.15, 0.2) is 0 Å². The van der Waals surface area contributed by atoms with Gasteiger partial charge in [0.1, 0.15) is 11.6 Å². The monoisotopic (exact) mass is 441 g/mol. The van der Waals surface area contributed by atoms with Gasteiger partial charge in [-0.05, 0) is 42.5 Å². The predicted molar refractivity (Wildman–Crippen MR) is 107 cm³/mol. The van der Waals surface area contributed by atoms with Crippen molar-refractivity contribution in [3.8, 4) is 11.6 Å². The Balaban J connectivity index is 0.00000320. The van der Waals surface area contributed by atoms with Gasteiger partial charge in [0.25, 0.3) is 5.91 Å². The first-order valence-corrected chi connectivity index (χ1v) is 8.36. The number of ether oxygens (including phenoxy) is 1. The third kappa shape index (κ3) is 5.38. The van der Waals surface area contributed by atoms with E-state index in [1.165, 1.54) is 18.3 Å². The molecule has 3 rings (SSSR count). The Bertz CT molecular complexity index is 1010. The standard InChI is InChI=1S/C20H15F4N3O2.ClH/c1-25-12-5-8-14(9-6-12)29-17-10-7-13(11-26-17)27-19(28)15-3-2-4-16(18(15)21)20(22,23)24;/h2-11,25H,1H3,(H,27,28);1H. The summed E-state index contributed by atoms with van der Waals surface area (Å²) in [4.78, 5) is 16.2. The average Bonchev–Trinajstić information content (AvgIpc) is 2.69. The van der Waals surface area contributed by atoms with Crippen LogP contribution in [0.2, 0.25) is 0 Å². The second-order valence-corrected chi connectivity index (χ2v) is 5.88. The van der Waals surface area contributed by atoms with E-state index in [1.54, 1.807) is 19.2 Å². The number of alkyl halides is 3. The largest absolute Gasteiger partial charge is 0.439 e. The van der Waals surface area contributed by atoms with E-state index in [9.17, 15) is 22.4 Å². The van der Waals surface area contributed by atoms with Crippen molar-refractivity contribution < 1.29 is 27.1 Å². The SMILES string of the molecule is CNc1ccc(Oc2ccc(NC(=O)c3cccc(C(F)(F)F)c3F)cn2)cc1.Cl. The van der Waals surface area contributed by atoms with Gasteiger partial charge in [-0.25, -0.2) is 9.37 Å². The molecule has 10 heteroatoms. The van der Waals surface area contributed by atoms with Crippen molar-refractivity contribution in [3.63, 3.8) is 0 Å². The maximum absolute atomic E-state index is 14.1. The summed E-state index contributed by atoms with van der Waals surface area (Å²) in [7, 11) is 1.79. The van der Waals surface area contributed by atoms with Gasteiger partial charge < -0.3 is 15.4 Å². The zero-order valence-corrected chi connectivity index (χ0v) is 16.3. The van der Waals surface area contributed by atoms with Gasteiger partial charge in [-0.1, -0.05) is 6.07 Å². The third-order valence-electron chi connectivity index (χ3n) is 3.91. The molecule has 2 N–H and O–H groups in total. The first-order valence-electron chi connectivity index (χ1n) is 8.36. The third-order valence-corrected chi connectivity index (χ3v) is 3.91. The number of carbonyl (C=O) groups excluding carboxylic acids is 1. The molecule has 2 aromatic carbocycles. The first-order chi connectivity index (χ1) is 13.8. The van der Waals surface area contributed by atoms with Crippen molar-refractivity contribution in [2.24, 2.45) is 0 Å². The Hall–Kier alpha value is -3.33. The van der Waals surface area contributed by atoms with Gasteiger partial charge >= 0.3 is 6.18 Å². The zero-order valence-electron chi connectivity index (χ0n) is 15.5. The minimum Gasteiger partial charge on any atom is -0.439 e. The van der Waals surface area contributed by atoms with Crippen molar-refractivity contribution in [1.29, 1.82) is 0 Å². The summed E-state index contributed by atoms with van der Waals surface area (Å²) < 4.78 is 58.0. The lowest BCUT2D eigenvalue weighted by molar-refractivity contribution is -0.140. The second kappa shape index (κ2) is 9.45. The maximum Gasteiger partial charge on any atom is 0.419 e. The normalized spacial score (nSPS) is 10.7. The first kappa shape index (κ1) is 23.0. The molecule has 0 atom stereocenters. The molecule has 3 aromatic rings. The summed E-state index contributed by atoms with van der Waals surface area (Å²) in [5.41, 5.74) is -1.14. The minimum absolute atomic E-state index is 0. The number of pyridine rings is 1. The van der Waals surface area contributed by atoms with Gasteiger partial charge in [0.2, 0.25) is 5.88 Å². The summed E-state index contributed by atoms with van der Waals surface area (Å²) in [5.74, 6) is -1.87. The molecule has 0 aliphatic heterocycles. The molecular weight excluding hydrogens is 426 g/mol. The topological polar surface area (TPSA) is 63.2 Å². The van der Waals surface area contributed by atoms with Gasteiger partial charge in [-0.2, -0.15) is 13.2 Å². The molecular formula is C20H16ClF4N3O2. The van der Waals surface area contributed by atoms with Crippen LogP contribution in [0.5, 0.6) is 11.6 Å². The molecule has 0 spiro atoms. The summed E-state index contributed by atoms with van der Waals surface area (Å²) in [6.07, 6.45) is -3.65. The number of hydrogen-bond acceptors (Lipinski definition) is 4. The lowest BCUT2D eigenvalue weighted by Gasteiger charge is -2.11. The van der Waals surface area contributed by atoms with E-state index in [0.29, 0.717) is 11.8 Å². The smallest absolute Gasteiger partial charge is 0.419 e. The number of hydrogen-bond donors (Lipinski definition) is 2. The number of aromatic nitrogens is 1. The number of nitrogens with zero attached hydrogens (tertiary/aromatic N) is 1. The minimum atomic E-state index is -4.90. The van der Waals surface area contributed by atoms with Crippen molar-refractivity contribution in [2.45, 2.75) is 6.18 Å². The fourth-order valence-corrected chi connectivity index (χ4v) is 2.45. The molecule has 0 bridgehead atoms. The quantitative estimate of drug-likeness (QED) is 0.495. The molecule has 0 saturated heterocycles. The highest BCUT2D eigenvalue weighted by Gasteiger charge is 2.35. The van der Waals surface area contributed by atoms with Crippen molar-refractivity contribution in [3.05, 3.63) is 77.7 Å². The highest BCUT2D eigenvalue weighted by Crippen LogP contribution is 2.32. The molecule has 1 aromatic heterocycles. The number of anilines is 2. The van der Waals surface area contributed by atoms with E-state index < -0.39 is 29.0 Å². The van der Waals surface area contributed by atoms with Crippen LogP contribution in [0, 0.1) is 5.82 Å². The van der Waals surface area contributed by atoms with Crippen LogP contribution in [0.3, 0.4) is 0 Å². The van der Waals surface area contributed by atoms with Gasteiger partial charge in [-0.3, -0.25) is 4.79 Å². The molecule has 0 saturated carbocycles. The molecule has 1 heterocycles. The molecule has 30 heavy (non-hydrogen) atoms. The number of benzene rings is 2.